The third-order valence-electron chi connectivity index (χ3n) is 4.23. The molecule has 140 valence electrons. The van der Waals surface area contributed by atoms with Crippen molar-refractivity contribution in [2.45, 2.75) is 13.0 Å². The van der Waals surface area contributed by atoms with Gasteiger partial charge in [0.25, 0.3) is 5.91 Å². The van der Waals surface area contributed by atoms with Crippen molar-refractivity contribution >= 4 is 5.91 Å². The predicted molar refractivity (Wildman–Crippen MR) is 99.4 cm³/mol. The Morgan fingerprint density at radius 3 is 2.56 bits per heavy atom. The summed E-state index contributed by atoms with van der Waals surface area (Å²) in [5, 5.41) is 9.74. The fourth-order valence-electron chi connectivity index (χ4n) is 2.74. The number of hydrogen-bond donors (Lipinski definition) is 2. The summed E-state index contributed by atoms with van der Waals surface area (Å²) < 4.78 is 24.1. The largest absolute Gasteiger partial charge is 0.496 e. The molecule has 0 bridgehead atoms. The summed E-state index contributed by atoms with van der Waals surface area (Å²) in [6.45, 7) is 1.77. The molecule has 7 heteroatoms. The van der Waals surface area contributed by atoms with Gasteiger partial charge in [-0.25, -0.2) is 4.39 Å². The highest BCUT2D eigenvalue weighted by molar-refractivity contribution is 5.93. The minimum absolute atomic E-state index is 0.160. The van der Waals surface area contributed by atoms with Crippen LogP contribution in [0, 0.1) is 5.82 Å². The Morgan fingerprint density at radius 1 is 1.11 bits per heavy atom. The monoisotopic (exact) mass is 369 g/mol. The first kappa shape index (κ1) is 18.4. The molecule has 1 aromatic heterocycles. The third-order valence-corrected chi connectivity index (χ3v) is 4.23. The number of aromatic amines is 1. The number of nitrogens with one attached hydrogen (secondary N) is 2. The van der Waals surface area contributed by atoms with Gasteiger partial charge in [-0.1, -0.05) is 18.2 Å². The predicted octanol–water partition coefficient (Wildman–Crippen LogP) is 3.72. The van der Waals surface area contributed by atoms with Crippen LogP contribution in [0.5, 0.6) is 11.5 Å². The van der Waals surface area contributed by atoms with Crippen LogP contribution in [-0.2, 0) is 0 Å². The number of para-hydroxylation sites is 1. The molecular formula is C20H20FN3O3. The summed E-state index contributed by atoms with van der Waals surface area (Å²) >= 11 is 0. The number of aromatic nitrogens is 2. The second-order valence-electron chi connectivity index (χ2n) is 5.96. The number of ether oxygens (including phenoxy) is 2. The lowest BCUT2D eigenvalue weighted by Gasteiger charge is -2.14. The number of carbonyl (C=O) groups is 1. The quantitative estimate of drug-likeness (QED) is 0.694. The molecule has 2 N–H and O–H groups in total. The van der Waals surface area contributed by atoms with Crippen LogP contribution in [0.1, 0.15) is 29.0 Å². The number of halogens is 1. The molecule has 27 heavy (non-hydrogen) atoms. The summed E-state index contributed by atoms with van der Waals surface area (Å²) in [6.07, 6.45) is 0. The van der Waals surface area contributed by atoms with E-state index in [1.165, 1.54) is 19.2 Å². The number of H-pyrrole nitrogens is 1. The average Bonchev–Trinajstić information content (AvgIpc) is 3.18. The molecule has 0 saturated carbocycles. The highest BCUT2D eigenvalue weighted by Crippen LogP contribution is 2.28. The maximum absolute atomic E-state index is 13.9. The Bertz CT molecular complexity index is 955. The Kier molecular flexibility index (Phi) is 5.40. The summed E-state index contributed by atoms with van der Waals surface area (Å²) in [5.74, 6) is 0.00815. The lowest BCUT2D eigenvalue weighted by molar-refractivity contribution is 0.0934. The zero-order valence-electron chi connectivity index (χ0n) is 15.2. The normalized spacial score (nSPS) is 11.7. The van der Waals surface area contributed by atoms with Gasteiger partial charge < -0.3 is 14.8 Å². The molecule has 0 spiro atoms. The summed E-state index contributed by atoms with van der Waals surface area (Å²) in [7, 11) is 2.98. The van der Waals surface area contributed by atoms with Crippen LogP contribution in [0.2, 0.25) is 0 Å². The standard InChI is InChI=1S/C20H20FN3O3/c1-12(13-8-9-19(27-3)15(21)10-13)22-20(25)17-11-16(23-24-17)14-6-4-5-7-18(14)26-2/h4-12H,1-3H3,(H,22,25)(H,23,24)/t12-/m1/s1. The van der Waals surface area contributed by atoms with Crippen LogP contribution in [0.25, 0.3) is 11.3 Å². The van der Waals surface area contributed by atoms with Gasteiger partial charge in [-0.3, -0.25) is 9.89 Å². The van der Waals surface area contributed by atoms with Crippen molar-refractivity contribution in [1.82, 2.24) is 15.5 Å². The van der Waals surface area contributed by atoms with E-state index in [4.69, 9.17) is 9.47 Å². The number of hydrogen-bond acceptors (Lipinski definition) is 4. The van der Waals surface area contributed by atoms with Gasteiger partial charge in [0, 0.05) is 5.56 Å². The van der Waals surface area contributed by atoms with Crippen molar-refractivity contribution in [3.8, 4) is 22.8 Å². The van der Waals surface area contributed by atoms with Gasteiger partial charge >= 0.3 is 0 Å². The molecule has 0 saturated heterocycles. The van der Waals surface area contributed by atoms with E-state index in [2.05, 4.69) is 15.5 Å². The minimum atomic E-state index is -0.476. The molecule has 1 atom stereocenters. The fraction of sp³-hybridized carbons (Fsp3) is 0.200. The highest BCUT2D eigenvalue weighted by Gasteiger charge is 2.17. The molecule has 0 aliphatic rings. The first-order valence-electron chi connectivity index (χ1n) is 8.36. The van der Waals surface area contributed by atoms with E-state index in [-0.39, 0.29) is 11.7 Å². The SMILES string of the molecule is COc1ccc([C@@H](C)NC(=O)c2cc(-c3ccccc3OC)n[nH]2)cc1F. The van der Waals surface area contributed by atoms with Gasteiger partial charge in [-0.05, 0) is 42.8 Å². The van der Waals surface area contributed by atoms with Crippen molar-refractivity contribution in [2.24, 2.45) is 0 Å². The van der Waals surface area contributed by atoms with Crippen LogP contribution in [0.15, 0.2) is 48.5 Å². The summed E-state index contributed by atoms with van der Waals surface area (Å²) in [5.41, 5.74) is 2.31. The molecule has 0 aliphatic heterocycles. The van der Waals surface area contributed by atoms with Gasteiger partial charge in [0.15, 0.2) is 11.6 Å². The molecule has 6 nitrogen and oxygen atoms in total. The van der Waals surface area contributed by atoms with E-state index in [9.17, 15) is 9.18 Å². The molecule has 1 heterocycles. The smallest absolute Gasteiger partial charge is 0.269 e. The molecule has 0 radical (unpaired) electrons. The Labute approximate surface area is 156 Å². The van der Waals surface area contributed by atoms with Crippen LogP contribution >= 0.6 is 0 Å². The molecule has 0 fully saturated rings. The lowest BCUT2D eigenvalue weighted by Crippen LogP contribution is -2.27. The number of rotatable bonds is 6. The molecule has 0 unspecified atom stereocenters. The molecule has 3 rings (SSSR count). The van der Waals surface area contributed by atoms with E-state index in [0.717, 1.165) is 5.56 Å². The van der Waals surface area contributed by atoms with Gasteiger partial charge in [0.2, 0.25) is 0 Å². The van der Waals surface area contributed by atoms with Crippen molar-refractivity contribution < 1.29 is 18.7 Å². The zero-order valence-corrected chi connectivity index (χ0v) is 15.2. The van der Waals surface area contributed by atoms with E-state index in [0.29, 0.717) is 22.7 Å². The van der Waals surface area contributed by atoms with Crippen molar-refractivity contribution in [2.75, 3.05) is 14.2 Å². The first-order valence-corrected chi connectivity index (χ1v) is 8.36. The fourth-order valence-corrected chi connectivity index (χ4v) is 2.74. The molecule has 0 aliphatic carbocycles. The van der Waals surface area contributed by atoms with Crippen LogP contribution in [-0.4, -0.2) is 30.3 Å². The molecular weight excluding hydrogens is 349 g/mol. The molecule has 1 amide bonds. The van der Waals surface area contributed by atoms with E-state index in [1.807, 2.05) is 24.3 Å². The van der Waals surface area contributed by atoms with Gasteiger partial charge in [-0.15, -0.1) is 0 Å². The maximum atomic E-state index is 13.9. The van der Waals surface area contributed by atoms with E-state index in [1.54, 1.807) is 26.2 Å². The van der Waals surface area contributed by atoms with Crippen molar-refractivity contribution in [1.29, 1.82) is 0 Å². The van der Waals surface area contributed by atoms with Crippen LogP contribution < -0.4 is 14.8 Å². The molecule has 3 aromatic rings. The summed E-state index contributed by atoms with van der Waals surface area (Å²) in [6, 6.07) is 13.2. The Morgan fingerprint density at radius 2 is 1.85 bits per heavy atom. The number of nitrogens with zero attached hydrogens (tertiary/aromatic N) is 1. The average molecular weight is 369 g/mol. The van der Waals surface area contributed by atoms with Gasteiger partial charge in [0.05, 0.1) is 26.0 Å². The Balaban J connectivity index is 1.75. The maximum Gasteiger partial charge on any atom is 0.269 e. The molecule has 2 aromatic carbocycles. The van der Waals surface area contributed by atoms with E-state index < -0.39 is 11.9 Å². The van der Waals surface area contributed by atoms with Crippen LogP contribution in [0.3, 0.4) is 0 Å². The number of methoxy groups -OCH3 is 2. The summed E-state index contributed by atoms with van der Waals surface area (Å²) in [4.78, 5) is 12.5. The number of amides is 1. The Hall–Kier alpha value is -3.35. The van der Waals surface area contributed by atoms with Crippen molar-refractivity contribution in [3.63, 3.8) is 0 Å². The lowest BCUT2D eigenvalue weighted by atomic mass is 10.1. The highest BCUT2D eigenvalue weighted by atomic mass is 19.1. The van der Waals surface area contributed by atoms with Gasteiger partial charge in [0.1, 0.15) is 11.4 Å². The second kappa shape index (κ2) is 7.90. The second-order valence-corrected chi connectivity index (χ2v) is 5.96. The van der Waals surface area contributed by atoms with E-state index >= 15 is 0 Å². The van der Waals surface area contributed by atoms with Crippen molar-refractivity contribution in [3.05, 3.63) is 65.6 Å². The number of carbonyl (C=O) groups excluding carboxylic acids is 1. The minimum Gasteiger partial charge on any atom is -0.496 e. The third kappa shape index (κ3) is 3.92. The first-order chi connectivity index (χ1) is 13.0. The topological polar surface area (TPSA) is 76.2 Å². The number of benzene rings is 2. The van der Waals surface area contributed by atoms with Gasteiger partial charge in [-0.2, -0.15) is 5.10 Å². The van der Waals surface area contributed by atoms with Crippen LogP contribution in [0.4, 0.5) is 4.39 Å². The zero-order chi connectivity index (χ0) is 19.4.